The van der Waals surface area contributed by atoms with Crippen LogP contribution in [0, 0.1) is 0 Å². The summed E-state index contributed by atoms with van der Waals surface area (Å²) in [7, 11) is 0. The molecule has 2 aliphatic rings. The maximum Gasteiger partial charge on any atom is 0.410 e. The fourth-order valence-electron chi connectivity index (χ4n) is 4.00. The Labute approximate surface area is 196 Å². The molecular formula is C24H27N5O5. The van der Waals surface area contributed by atoms with Gasteiger partial charge in [0.25, 0.3) is 5.91 Å². The summed E-state index contributed by atoms with van der Waals surface area (Å²) in [5.41, 5.74) is 0.598. The van der Waals surface area contributed by atoms with Gasteiger partial charge in [0.15, 0.2) is 11.5 Å². The second kappa shape index (κ2) is 8.58. The molecule has 10 nitrogen and oxygen atoms in total. The molecule has 1 aromatic carbocycles. The summed E-state index contributed by atoms with van der Waals surface area (Å²) in [6.07, 6.45) is 1.10. The first-order valence-corrected chi connectivity index (χ1v) is 11.4. The van der Waals surface area contributed by atoms with E-state index in [1.54, 1.807) is 11.0 Å². The lowest BCUT2D eigenvalue weighted by molar-refractivity contribution is 0.00586. The Morgan fingerprint density at radius 1 is 1.06 bits per heavy atom. The number of amides is 2. The number of likely N-dealkylation sites (tertiary alicyclic amines) is 1. The summed E-state index contributed by atoms with van der Waals surface area (Å²) in [6, 6.07) is 11.2. The van der Waals surface area contributed by atoms with E-state index in [0.717, 1.165) is 5.56 Å². The highest BCUT2D eigenvalue weighted by Crippen LogP contribution is 2.38. The van der Waals surface area contributed by atoms with Gasteiger partial charge in [-0.25, -0.2) is 4.79 Å². The van der Waals surface area contributed by atoms with Crippen LogP contribution in [-0.4, -0.2) is 57.0 Å². The zero-order chi connectivity index (χ0) is 23.9. The molecule has 5 rings (SSSR count). The number of nitrogens with one attached hydrogen (secondary N) is 1. The number of carbonyl (C=O) groups excluding carboxylic acids is 2. The SMILES string of the molecule is CC(C)(C)OC(=O)N1CC(c2nnc(C3CC(NC(=O)c4cc(-c5ccccc5)on4)C3)o2)C1. The van der Waals surface area contributed by atoms with Crippen molar-refractivity contribution in [2.45, 2.75) is 57.1 Å². The van der Waals surface area contributed by atoms with Crippen LogP contribution in [0.3, 0.4) is 0 Å². The molecule has 0 unspecified atom stereocenters. The minimum Gasteiger partial charge on any atom is -0.444 e. The Balaban J connectivity index is 1.08. The minimum atomic E-state index is -0.520. The van der Waals surface area contributed by atoms with Gasteiger partial charge in [0.1, 0.15) is 5.60 Å². The lowest BCUT2D eigenvalue weighted by Gasteiger charge is -2.38. The minimum absolute atomic E-state index is 0.0103. The topological polar surface area (TPSA) is 124 Å². The van der Waals surface area contributed by atoms with Gasteiger partial charge in [0.05, 0.1) is 5.92 Å². The maximum atomic E-state index is 12.5. The van der Waals surface area contributed by atoms with E-state index >= 15 is 0 Å². The molecule has 1 saturated heterocycles. The highest BCUT2D eigenvalue weighted by molar-refractivity contribution is 5.93. The third kappa shape index (κ3) is 4.66. The highest BCUT2D eigenvalue weighted by Gasteiger charge is 2.40. The van der Waals surface area contributed by atoms with Crippen molar-refractivity contribution >= 4 is 12.0 Å². The van der Waals surface area contributed by atoms with E-state index in [1.165, 1.54) is 0 Å². The van der Waals surface area contributed by atoms with Gasteiger partial charge in [-0.15, -0.1) is 10.2 Å². The summed E-state index contributed by atoms with van der Waals surface area (Å²) in [5.74, 6) is 1.53. The van der Waals surface area contributed by atoms with Gasteiger partial charge in [0, 0.05) is 36.7 Å². The molecule has 0 radical (unpaired) electrons. The van der Waals surface area contributed by atoms with Gasteiger partial charge in [-0.3, -0.25) is 4.79 Å². The first kappa shape index (κ1) is 22.1. The molecule has 2 aromatic heterocycles. The summed E-state index contributed by atoms with van der Waals surface area (Å²) in [4.78, 5) is 26.2. The zero-order valence-electron chi connectivity index (χ0n) is 19.4. The van der Waals surface area contributed by atoms with Gasteiger partial charge >= 0.3 is 6.09 Å². The standard InChI is InChI=1S/C24H27N5O5/c1-24(2,3)33-23(31)29-12-16(13-29)22-27-26-21(32-22)15-9-17(10-15)25-20(30)18-11-19(34-28-18)14-7-5-4-6-8-14/h4-8,11,15-17H,9-10,12-13H2,1-3H3,(H,25,30). The van der Waals surface area contributed by atoms with E-state index in [2.05, 4.69) is 20.7 Å². The number of carbonyl (C=O) groups is 2. The quantitative estimate of drug-likeness (QED) is 0.604. The largest absolute Gasteiger partial charge is 0.444 e. The van der Waals surface area contributed by atoms with Gasteiger partial charge in [-0.2, -0.15) is 0 Å². The second-order valence-electron chi connectivity index (χ2n) is 9.84. The van der Waals surface area contributed by atoms with Crippen LogP contribution in [0.1, 0.15) is 67.7 Å². The number of hydrogen-bond acceptors (Lipinski definition) is 8. The second-order valence-corrected chi connectivity index (χ2v) is 9.84. The van der Waals surface area contributed by atoms with E-state index < -0.39 is 5.60 Å². The lowest BCUT2D eigenvalue weighted by Crippen LogP contribution is -2.50. The summed E-state index contributed by atoms with van der Waals surface area (Å²) >= 11 is 0. The van der Waals surface area contributed by atoms with E-state index in [4.69, 9.17) is 13.7 Å². The van der Waals surface area contributed by atoms with Crippen molar-refractivity contribution in [3.8, 4) is 11.3 Å². The number of rotatable bonds is 5. The van der Waals surface area contributed by atoms with Crippen molar-refractivity contribution in [3.05, 3.63) is 53.9 Å². The molecule has 0 bridgehead atoms. The Kier molecular flexibility index (Phi) is 5.59. The van der Waals surface area contributed by atoms with Crippen molar-refractivity contribution in [2.24, 2.45) is 0 Å². The average molecular weight is 466 g/mol. The molecule has 34 heavy (non-hydrogen) atoms. The van der Waals surface area contributed by atoms with E-state index in [-0.39, 0.29) is 35.6 Å². The van der Waals surface area contributed by atoms with Crippen molar-refractivity contribution in [2.75, 3.05) is 13.1 Å². The van der Waals surface area contributed by atoms with Crippen LogP contribution in [0.25, 0.3) is 11.3 Å². The fraction of sp³-hybridized carbons (Fsp3) is 0.458. The Morgan fingerprint density at radius 2 is 1.74 bits per heavy atom. The van der Waals surface area contributed by atoms with E-state index in [1.807, 2.05) is 51.1 Å². The lowest BCUT2D eigenvalue weighted by atomic mass is 9.80. The molecular weight excluding hydrogens is 438 g/mol. The summed E-state index contributed by atoms with van der Waals surface area (Å²) in [6.45, 7) is 6.53. The molecule has 1 N–H and O–H groups in total. The normalized spacial score (nSPS) is 20.4. The molecule has 0 spiro atoms. The van der Waals surface area contributed by atoms with Crippen LogP contribution >= 0.6 is 0 Å². The monoisotopic (exact) mass is 465 g/mol. The van der Waals surface area contributed by atoms with Gasteiger partial charge in [0.2, 0.25) is 11.8 Å². The Hall–Kier alpha value is -3.69. The van der Waals surface area contributed by atoms with E-state index in [9.17, 15) is 9.59 Å². The molecule has 1 aliphatic carbocycles. The number of aromatic nitrogens is 3. The molecule has 3 aromatic rings. The van der Waals surface area contributed by atoms with Crippen LogP contribution in [0.2, 0.25) is 0 Å². The predicted molar refractivity (Wildman–Crippen MR) is 120 cm³/mol. The first-order valence-electron chi connectivity index (χ1n) is 11.4. The molecule has 2 amide bonds. The number of benzene rings is 1. The first-order chi connectivity index (χ1) is 16.2. The predicted octanol–water partition coefficient (Wildman–Crippen LogP) is 3.73. The number of hydrogen-bond donors (Lipinski definition) is 1. The van der Waals surface area contributed by atoms with Crippen molar-refractivity contribution in [1.82, 2.24) is 25.6 Å². The summed E-state index contributed by atoms with van der Waals surface area (Å²) < 4.78 is 16.5. The van der Waals surface area contributed by atoms with E-state index in [0.29, 0.717) is 43.5 Å². The fourth-order valence-corrected chi connectivity index (χ4v) is 4.00. The summed E-state index contributed by atoms with van der Waals surface area (Å²) in [5, 5.41) is 15.2. The van der Waals surface area contributed by atoms with Crippen molar-refractivity contribution in [3.63, 3.8) is 0 Å². The van der Waals surface area contributed by atoms with Gasteiger partial charge in [-0.1, -0.05) is 35.5 Å². The van der Waals surface area contributed by atoms with Crippen molar-refractivity contribution < 1.29 is 23.3 Å². The molecule has 3 heterocycles. The Morgan fingerprint density at radius 3 is 2.41 bits per heavy atom. The molecule has 1 saturated carbocycles. The number of ether oxygens (including phenoxy) is 1. The molecule has 10 heteroatoms. The van der Waals surface area contributed by atoms with Crippen LogP contribution in [-0.2, 0) is 4.74 Å². The Bertz CT molecular complexity index is 1170. The zero-order valence-corrected chi connectivity index (χ0v) is 19.4. The third-order valence-electron chi connectivity index (χ3n) is 5.96. The van der Waals surface area contributed by atoms with Crippen LogP contribution in [0.15, 0.2) is 45.3 Å². The van der Waals surface area contributed by atoms with Crippen LogP contribution in [0.4, 0.5) is 4.79 Å². The molecule has 178 valence electrons. The smallest absolute Gasteiger partial charge is 0.410 e. The number of nitrogens with zero attached hydrogens (tertiary/aromatic N) is 4. The van der Waals surface area contributed by atoms with Gasteiger partial charge < -0.3 is 23.9 Å². The van der Waals surface area contributed by atoms with Crippen LogP contribution in [0.5, 0.6) is 0 Å². The maximum absolute atomic E-state index is 12.5. The van der Waals surface area contributed by atoms with Gasteiger partial charge in [-0.05, 0) is 33.6 Å². The average Bonchev–Trinajstić information content (AvgIpc) is 3.39. The highest BCUT2D eigenvalue weighted by atomic mass is 16.6. The van der Waals surface area contributed by atoms with Crippen molar-refractivity contribution in [1.29, 1.82) is 0 Å². The molecule has 0 atom stereocenters. The molecule has 1 aliphatic heterocycles. The third-order valence-corrected chi connectivity index (χ3v) is 5.96. The van der Waals surface area contributed by atoms with Crippen LogP contribution < -0.4 is 5.32 Å². The molecule has 2 fully saturated rings.